The minimum Gasteiger partial charge on any atom is -0.508 e. The molecule has 2 N–H and O–H groups in total. The number of aromatic hydroxyl groups is 1. The zero-order valence-electron chi connectivity index (χ0n) is 11.1. The first-order chi connectivity index (χ1) is 8.15. The molecule has 1 aromatic rings. The van der Waals surface area contributed by atoms with Gasteiger partial charge in [0.2, 0.25) is 10.0 Å². The molecule has 0 bridgehead atoms. The number of benzene rings is 1. The van der Waals surface area contributed by atoms with Gasteiger partial charge in [-0.3, -0.25) is 0 Å². The van der Waals surface area contributed by atoms with Crippen molar-refractivity contribution in [3.63, 3.8) is 0 Å². The average Bonchev–Trinajstić information content (AvgIpc) is 2.27. The maximum absolute atomic E-state index is 12.0. The molecule has 18 heavy (non-hydrogen) atoms. The van der Waals surface area contributed by atoms with Gasteiger partial charge in [-0.15, -0.1) is 0 Å². The second kappa shape index (κ2) is 5.26. The lowest BCUT2D eigenvalue weighted by Crippen LogP contribution is -2.48. The predicted molar refractivity (Wildman–Crippen MR) is 71.1 cm³/mol. The Balaban J connectivity index is 2.81. The van der Waals surface area contributed by atoms with Crippen LogP contribution in [0, 0.1) is 0 Å². The standard InChI is InChI=1S/C12H20N2O3S/c1-12(2,14(3)4)9-13-18(16,17)11-7-5-10(15)6-8-11/h5-8,13,15H,9H2,1-4H3. The van der Waals surface area contributed by atoms with Crippen LogP contribution in [0.4, 0.5) is 0 Å². The highest BCUT2D eigenvalue weighted by molar-refractivity contribution is 7.89. The zero-order valence-corrected chi connectivity index (χ0v) is 12.0. The molecule has 0 atom stereocenters. The van der Waals surface area contributed by atoms with Crippen LogP contribution in [0.2, 0.25) is 0 Å². The van der Waals surface area contributed by atoms with E-state index in [1.807, 2.05) is 32.8 Å². The third kappa shape index (κ3) is 3.69. The lowest BCUT2D eigenvalue weighted by Gasteiger charge is -2.32. The van der Waals surface area contributed by atoms with Gasteiger partial charge in [0, 0.05) is 12.1 Å². The van der Waals surface area contributed by atoms with Gasteiger partial charge in [-0.05, 0) is 52.2 Å². The quantitative estimate of drug-likeness (QED) is 0.839. The molecular weight excluding hydrogens is 252 g/mol. The number of hydrogen-bond donors (Lipinski definition) is 2. The number of rotatable bonds is 5. The molecule has 5 nitrogen and oxygen atoms in total. The molecule has 0 saturated carbocycles. The van der Waals surface area contributed by atoms with E-state index in [1.54, 1.807) is 0 Å². The first-order valence-corrected chi connectivity index (χ1v) is 7.09. The number of likely N-dealkylation sites (N-methyl/N-ethyl adjacent to an activating group) is 1. The molecule has 102 valence electrons. The summed E-state index contributed by atoms with van der Waals surface area (Å²) < 4.78 is 26.6. The third-order valence-electron chi connectivity index (χ3n) is 3.05. The molecule has 6 heteroatoms. The van der Waals surface area contributed by atoms with Crippen molar-refractivity contribution in [2.45, 2.75) is 24.3 Å². The van der Waals surface area contributed by atoms with E-state index < -0.39 is 10.0 Å². The van der Waals surface area contributed by atoms with Crippen LogP contribution < -0.4 is 4.72 Å². The van der Waals surface area contributed by atoms with Crippen molar-refractivity contribution >= 4 is 10.0 Å². The van der Waals surface area contributed by atoms with Crippen molar-refractivity contribution in [2.75, 3.05) is 20.6 Å². The maximum Gasteiger partial charge on any atom is 0.240 e. The minimum absolute atomic E-state index is 0.0440. The second-order valence-electron chi connectivity index (χ2n) is 5.03. The Morgan fingerprint density at radius 2 is 1.72 bits per heavy atom. The highest BCUT2D eigenvalue weighted by Gasteiger charge is 2.24. The number of phenols is 1. The summed E-state index contributed by atoms with van der Waals surface area (Å²) >= 11 is 0. The molecule has 0 aliphatic carbocycles. The van der Waals surface area contributed by atoms with Gasteiger partial charge in [0.05, 0.1) is 4.90 Å². The van der Waals surface area contributed by atoms with E-state index in [4.69, 9.17) is 5.11 Å². The number of sulfonamides is 1. The minimum atomic E-state index is -3.53. The Morgan fingerprint density at radius 1 is 1.22 bits per heavy atom. The van der Waals surface area contributed by atoms with Crippen LogP contribution in [0.3, 0.4) is 0 Å². The summed E-state index contributed by atoms with van der Waals surface area (Å²) in [5.74, 6) is 0.0440. The van der Waals surface area contributed by atoms with Crippen LogP contribution in [-0.4, -0.2) is 44.6 Å². The van der Waals surface area contributed by atoms with Gasteiger partial charge < -0.3 is 10.0 Å². The molecule has 0 aliphatic rings. The van der Waals surface area contributed by atoms with Crippen molar-refractivity contribution in [2.24, 2.45) is 0 Å². The van der Waals surface area contributed by atoms with Crippen molar-refractivity contribution in [3.05, 3.63) is 24.3 Å². The molecule has 0 amide bonds. The van der Waals surface area contributed by atoms with E-state index in [9.17, 15) is 8.42 Å². The summed E-state index contributed by atoms with van der Waals surface area (Å²) in [4.78, 5) is 2.10. The van der Waals surface area contributed by atoms with Gasteiger partial charge in [-0.2, -0.15) is 0 Å². The highest BCUT2D eigenvalue weighted by atomic mass is 32.2. The summed E-state index contributed by atoms with van der Waals surface area (Å²) in [7, 11) is 0.264. The van der Waals surface area contributed by atoms with Gasteiger partial charge in [0.15, 0.2) is 0 Å². The van der Waals surface area contributed by atoms with Gasteiger partial charge in [-0.1, -0.05) is 0 Å². The second-order valence-corrected chi connectivity index (χ2v) is 6.79. The van der Waals surface area contributed by atoms with Crippen molar-refractivity contribution in [1.29, 1.82) is 0 Å². The molecule has 0 unspecified atom stereocenters. The number of hydrogen-bond acceptors (Lipinski definition) is 4. The van der Waals surface area contributed by atoms with Crippen LogP contribution in [0.25, 0.3) is 0 Å². The smallest absolute Gasteiger partial charge is 0.240 e. The fourth-order valence-corrected chi connectivity index (χ4v) is 2.34. The van der Waals surface area contributed by atoms with Gasteiger partial charge in [-0.25, -0.2) is 13.1 Å². The normalized spacial score (nSPS) is 12.9. The topological polar surface area (TPSA) is 69.6 Å². The van der Waals surface area contributed by atoms with Crippen molar-refractivity contribution < 1.29 is 13.5 Å². The SMILES string of the molecule is CN(C)C(C)(C)CNS(=O)(=O)c1ccc(O)cc1. The van der Waals surface area contributed by atoms with Crippen LogP contribution in [0.15, 0.2) is 29.2 Å². The van der Waals surface area contributed by atoms with E-state index in [2.05, 4.69) is 4.72 Å². The van der Waals surface area contributed by atoms with Gasteiger partial charge in [0.25, 0.3) is 0 Å². The summed E-state index contributed by atoms with van der Waals surface area (Å²) in [5, 5.41) is 9.13. The molecule has 0 heterocycles. The van der Waals surface area contributed by atoms with Crippen molar-refractivity contribution in [3.8, 4) is 5.75 Å². The van der Waals surface area contributed by atoms with E-state index in [1.165, 1.54) is 24.3 Å². The number of nitrogens with one attached hydrogen (secondary N) is 1. The molecule has 0 fully saturated rings. The van der Waals surface area contributed by atoms with Gasteiger partial charge >= 0.3 is 0 Å². The average molecular weight is 272 g/mol. The van der Waals surface area contributed by atoms with E-state index in [-0.39, 0.29) is 16.2 Å². The summed E-state index contributed by atoms with van der Waals surface area (Å²) in [6, 6.07) is 5.46. The zero-order chi connectivity index (χ0) is 14.0. The predicted octanol–water partition coefficient (Wildman–Crippen LogP) is 1.01. The largest absolute Gasteiger partial charge is 0.508 e. The van der Waals surface area contributed by atoms with E-state index in [0.717, 1.165) is 0 Å². The molecule has 1 rings (SSSR count). The maximum atomic E-state index is 12.0. The highest BCUT2D eigenvalue weighted by Crippen LogP contribution is 2.15. The summed E-state index contributed by atoms with van der Waals surface area (Å²) in [5.41, 5.74) is -0.274. The van der Waals surface area contributed by atoms with Gasteiger partial charge in [0.1, 0.15) is 5.75 Å². The fraction of sp³-hybridized carbons (Fsp3) is 0.500. The fourth-order valence-electron chi connectivity index (χ4n) is 1.14. The Hall–Kier alpha value is -1.11. The molecule has 1 aromatic carbocycles. The number of phenolic OH excluding ortho intramolecular Hbond substituents is 1. The summed E-state index contributed by atoms with van der Waals surface area (Å²) in [6.45, 7) is 4.21. The molecule has 0 aromatic heterocycles. The molecule has 0 spiro atoms. The Morgan fingerprint density at radius 3 is 2.17 bits per heavy atom. The van der Waals surface area contributed by atoms with Crippen molar-refractivity contribution in [1.82, 2.24) is 9.62 Å². The number of nitrogens with zero attached hydrogens (tertiary/aromatic N) is 1. The Bertz CT molecular complexity index is 493. The lowest BCUT2D eigenvalue weighted by atomic mass is 10.1. The van der Waals surface area contributed by atoms with Crippen LogP contribution in [0.1, 0.15) is 13.8 Å². The molecular formula is C12H20N2O3S. The molecule has 0 radical (unpaired) electrons. The van der Waals surface area contributed by atoms with Crippen LogP contribution in [-0.2, 0) is 10.0 Å². The van der Waals surface area contributed by atoms with E-state index >= 15 is 0 Å². The monoisotopic (exact) mass is 272 g/mol. The Kier molecular flexibility index (Phi) is 4.37. The van der Waals surface area contributed by atoms with Crippen LogP contribution in [0.5, 0.6) is 5.75 Å². The third-order valence-corrected chi connectivity index (χ3v) is 4.47. The lowest BCUT2D eigenvalue weighted by molar-refractivity contribution is 0.199. The van der Waals surface area contributed by atoms with Crippen LogP contribution >= 0.6 is 0 Å². The first kappa shape index (κ1) is 14.9. The first-order valence-electron chi connectivity index (χ1n) is 5.61. The Labute approximate surface area is 108 Å². The molecule has 0 aliphatic heterocycles. The van der Waals surface area contributed by atoms with E-state index in [0.29, 0.717) is 6.54 Å². The summed E-state index contributed by atoms with van der Waals surface area (Å²) in [6.07, 6.45) is 0. The molecule has 0 saturated heterocycles.